The molecule has 1 amide bonds. The van der Waals surface area contributed by atoms with Crippen LogP contribution in [-0.4, -0.2) is 61.1 Å². The van der Waals surface area contributed by atoms with Crippen LogP contribution >= 0.6 is 0 Å². The van der Waals surface area contributed by atoms with Crippen LogP contribution in [0.15, 0.2) is 0 Å². The Morgan fingerprint density at radius 3 is 2.60 bits per heavy atom. The molecule has 1 atom stereocenters. The molecule has 2 aliphatic rings. The van der Waals surface area contributed by atoms with E-state index in [0.29, 0.717) is 6.10 Å². The number of morpholine rings is 1. The molecule has 4 nitrogen and oxygen atoms in total. The highest BCUT2D eigenvalue weighted by Crippen LogP contribution is 2.31. The first-order chi connectivity index (χ1) is 7.13. The average molecular weight is 212 g/mol. The number of amides is 1. The fraction of sp³-hybridized carbons (Fsp3) is 0.909. The van der Waals surface area contributed by atoms with E-state index in [9.17, 15) is 4.79 Å². The number of rotatable bonds is 1. The highest BCUT2D eigenvalue weighted by molar-refractivity contribution is 5.47. The van der Waals surface area contributed by atoms with E-state index in [-0.39, 0.29) is 5.60 Å². The smallest absolute Gasteiger partial charge is 0.209 e. The van der Waals surface area contributed by atoms with Crippen LogP contribution in [0, 0.1) is 0 Å². The molecule has 0 aromatic rings. The van der Waals surface area contributed by atoms with Crippen molar-refractivity contribution in [1.82, 2.24) is 9.80 Å². The normalized spacial score (nSPS) is 31.9. The lowest BCUT2D eigenvalue weighted by Crippen LogP contribution is -2.58. The lowest BCUT2D eigenvalue weighted by molar-refractivity contribution is -0.166. The second-order valence-corrected chi connectivity index (χ2v) is 4.95. The molecule has 0 aromatic heterocycles. The predicted octanol–water partition coefficient (Wildman–Crippen LogP) is 0.328. The Kier molecular flexibility index (Phi) is 2.98. The van der Waals surface area contributed by atoms with Crippen LogP contribution in [0.4, 0.5) is 0 Å². The molecule has 2 aliphatic heterocycles. The molecule has 0 bridgehead atoms. The molecule has 2 heterocycles. The van der Waals surface area contributed by atoms with Crippen LogP contribution in [0.3, 0.4) is 0 Å². The Bertz CT molecular complexity index is 225. The molecule has 0 aromatic carbocycles. The van der Waals surface area contributed by atoms with Crippen LogP contribution in [-0.2, 0) is 9.53 Å². The summed E-state index contributed by atoms with van der Waals surface area (Å²) in [5, 5.41) is 0. The topological polar surface area (TPSA) is 32.8 Å². The van der Waals surface area contributed by atoms with E-state index in [0.717, 1.165) is 45.4 Å². The third kappa shape index (κ3) is 2.32. The molecule has 15 heavy (non-hydrogen) atoms. The molecular formula is C11H20N2O2. The van der Waals surface area contributed by atoms with Gasteiger partial charge in [0.1, 0.15) is 0 Å². The summed E-state index contributed by atoms with van der Waals surface area (Å²) in [5.74, 6) is 0. The van der Waals surface area contributed by atoms with Crippen molar-refractivity contribution < 1.29 is 9.53 Å². The van der Waals surface area contributed by atoms with Crippen molar-refractivity contribution >= 4 is 6.41 Å². The van der Waals surface area contributed by atoms with Crippen molar-refractivity contribution in [2.75, 3.05) is 33.2 Å². The van der Waals surface area contributed by atoms with E-state index in [1.165, 1.54) is 0 Å². The minimum atomic E-state index is 0.00588. The van der Waals surface area contributed by atoms with E-state index >= 15 is 0 Å². The van der Waals surface area contributed by atoms with Gasteiger partial charge in [-0.3, -0.25) is 4.79 Å². The molecule has 0 saturated carbocycles. The Labute approximate surface area is 91.2 Å². The zero-order valence-electron chi connectivity index (χ0n) is 9.61. The molecule has 2 fully saturated rings. The third-order valence-electron chi connectivity index (χ3n) is 3.44. The van der Waals surface area contributed by atoms with Gasteiger partial charge in [0, 0.05) is 26.2 Å². The zero-order valence-corrected chi connectivity index (χ0v) is 9.61. The molecule has 1 spiro atoms. The molecule has 0 N–H and O–H groups in total. The van der Waals surface area contributed by atoms with Gasteiger partial charge in [-0.1, -0.05) is 0 Å². The fourth-order valence-corrected chi connectivity index (χ4v) is 2.81. The zero-order chi connectivity index (χ0) is 10.9. The molecule has 2 rings (SSSR count). The maximum Gasteiger partial charge on any atom is 0.209 e. The van der Waals surface area contributed by atoms with Gasteiger partial charge in [-0.15, -0.1) is 0 Å². The van der Waals surface area contributed by atoms with E-state index < -0.39 is 0 Å². The Balaban J connectivity index is 1.98. The second-order valence-electron chi connectivity index (χ2n) is 4.95. The van der Waals surface area contributed by atoms with Crippen molar-refractivity contribution in [3.8, 4) is 0 Å². The molecular weight excluding hydrogens is 192 g/mol. The molecule has 86 valence electrons. The molecule has 1 unspecified atom stereocenters. The molecule has 4 heteroatoms. The minimum absolute atomic E-state index is 0.00588. The quantitative estimate of drug-likeness (QED) is 0.587. The number of hydrogen-bond donors (Lipinski definition) is 0. The number of likely N-dealkylation sites (N-methyl/N-ethyl adjacent to an activating group) is 1. The van der Waals surface area contributed by atoms with Gasteiger partial charge in [0.25, 0.3) is 0 Å². The number of ether oxygens (including phenoxy) is 1. The van der Waals surface area contributed by atoms with E-state index in [4.69, 9.17) is 4.74 Å². The summed E-state index contributed by atoms with van der Waals surface area (Å²) in [6.45, 7) is 5.82. The minimum Gasteiger partial charge on any atom is -0.369 e. The number of likely N-dealkylation sites (tertiary alicyclic amines) is 1. The number of carbonyl (C=O) groups excluding carboxylic acids is 1. The standard InChI is InChI=1S/C11H20N2O2/c1-10-7-12(2)8-11(15-10)3-5-13(9-14)6-4-11/h9-10H,3-8H2,1-2H3. The average Bonchev–Trinajstić information content (AvgIpc) is 2.17. The van der Waals surface area contributed by atoms with Gasteiger partial charge in [-0.25, -0.2) is 0 Å². The lowest BCUT2D eigenvalue weighted by Gasteiger charge is -2.48. The summed E-state index contributed by atoms with van der Waals surface area (Å²) in [6.07, 6.45) is 3.20. The van der Waals surface area contributed by atoms with E-state index in [1.54, 1.807) is 0 Å². The predicted molar refractivity (Wildman–Crippen MR) is 57.6 cm³/mol. The molecule has 0 radical (unpaired) electrons. The highest BCUT2D eigenvalue weighted by atomic mass is 16.5. The summed E-state index contributed by atoms with van der Waals surface area (Å²) >= 11 is 0. The largest absolute Gasteiger partial charge is 0.369 e. The summed E-state index contributed by atoms with van der Waals surface area (Å²) in [5.41, 5.74) is 0.00588. The van der Waals surface area contributed by atoms with Gasteiger partial charge < -0.3 is 14.5 Å². The Morgan fingerprint density at radius 2 is 2.07 bits per heavy atom. The SMILES string of the molecule is CC1CN(C)CC2(CCN(C=O)CC2)O1. The van der Waals surface area contributed by atoms with Crippen molar-refractivity contribution in [3.63, 3.8) is 0 Å². The summed E-state index contributed by atoms with van der Waals surface area (Å²) < 4.78 is 6.09. The number of nitrogens with zero attached hydrogens (tertiary/aromatic N) is 2. The summed E-state index contributed by atoms with van der Waals surface area (Å²) in [7, 11) is 2.15. The first-order valence-corrected chi connectivity index (χ1v) is 5.69. The summed E-state index contributed by atoms with van der Waals surface area (Å²) in [4.78, 5) is 14.8. The van der Waals surface area contributed by atoms with Gasteiger partial charge in [0.2, 0.25) is 6.41 Å². The highest BCUT2D eigenvalue weighted by Gasteiger charge is 2.40. The van der Waals surface area contributed by atoms with Crippen LogP contribution < -0.4 is 0 Å². The van der Waals surface area contributed by atoms with Crippen molar-refractivity contribution in [2.24, 2.45) is 0 Å². The Hall–Kier alpha value is -0.610. The van der Waals surface area contributed by atoms with Crippen LogP contribution in [0.2, 0.25) is 0 Å². The van der Waals surface area contributed by atoms with Gasteiger partial charge in [-0.2, -0.15) is 0 Å². The molecule has 2 saturated heterocycles. The van der Waals surface area contributed by atoms with Gasteiger partial charge in [0.15, 0.2) is 0 Å². The Morgan fingerprint density at radius 1 is 1.40 bits per heavy atom. The first kappa shape index (κ1) is 10.9. The van der Waals surface area contributed by atoms with Crippen LogP contribution in [0.5, 0.6) is 0 Å². The first-order valence-electron chi connectivity index (χ1n) is 5.69. The summed E-state index contributed by atoms with van der Waals surface area (Å²) in [6, 6.07) is 0. The van der Waals surface area contributed by atoms with Crippen LogP contribution in [0.25, 0.3) is 0 Å². The van der Waals surface area contributed by atoms with Gasteiger partial charge in [-0.05, 0) is 26.8 Å². The van der Waals surface area contributed by atoms with E-state index in [1.807, 2.05) is 4.90 Å². The van der Waals surface area contributed by atoms with Crippen molar-refractivity contribution in [1.29, 1.82) is 0 Å². The maximum atomic E-state index is 10.6. The third-order valence-corrected chi connectivity index (χ3v) is 3.44. The van der Waals surface area contributed by atoms with Crippen molar-refractivity contribution in [3.05, 3.63) is 0 Å². The fourth-order valence-electron chi connectivity index (χ4n) is 2.81. The number of carbonyl (C=O) groups is 1. The van der Waals surface area contributed by atoms with Gasteiger partial charge in [0.05, 0.1) is 11.7 Å². The lowest BCUT2D eigenvalue weighted by atomic mass is 9.89. The second kappa shape index (κ2) is 4.10. The number of hydrogen-bond acceptors (Lipinski definition) is 3. The monoisotopic (exact) mass is 212 g/mol. The molecule has 0 aliphatic carbocycles. The van der Waals surface area contributed by atoms with Crippen molar-refractivity contribution in [2.45, 2.75) is 31.5 Å². The number of piperidine rings is 1. The van der Waals surface area contributed by atoms with Crippen LogP contribution in [0.1, 0.15) is 19.8 Å². The van der Waals surface area contributed by atoms with Gasteiger partial charge >= 0.3 is 0 Å². The maximum absolute atomic E-state index is 10.6. The van der Waals surface area contributed by atoms with E-state index in [2.05, 4.69) is 18.9 Å².